The Bertz CT molecular complexity index is 793. The van der Waals surface area contributed by atoms with E-state index >= 15 is 0 Å². The highest BCUT2D eigenvalue weighted by Gasteiger charge is 2.40. The molecule has 3 rings (SSSR count). The van der Waals surface area contributed by atoms with E-state index in [1.807, 2.05) is 23.6 Å². The summed E-state index contributed by atoms with van der Waals surface area (Å²) in [6.45, 7) is 0.265. The van der Waals surface area contributed by atoms with Crippen LogP contribution in [0.1, 0.15) is 23.0 Å². The number of pyridine rings is 1. The average Bonchev–Trinajstić information content (AvgIpc) is 3.10. The molecule has 0 unspecified atom stereocenters. The number of amides is 1. The van der Waals surface area contributed by atoms with E-state index in [1.54, 1.807) is 18.3 Å². The number of thiophene rings is 1. The van der Waals surface area contributed by atoms with Gasteiger partial charge in [0.15, 0.2) is 0 Å². The molecule has 0 aliphatic carbocycles. The van der Waals surface area contributed by atoms with Gasteiger partial charge in [0.25, 0.3) is 10.2 Å². The molecule has 3 heterocycles. The van der Waals surface area contributed by atoms with E-state index in [-0.39, 0.29) is 12.5 Å². The summed E-state index contributed by atoms with van der Waals surface area (Å²) >= 11 is 1.47. The highest BCUT2D eigenvalue weighted by Crippen LogP contribution is 2.30. The van der Waals surface area contributed by atoms with Crippen LogP contribution in [0, 0.1) is 0 Å². The summed E-state index contributed by atoms with van der Waals surface area (Å²) in [5, 5.41) is 4.66. The van der Waals surface area contributed by atoms with Gasteiger partial charge < -0.3 is 5.32 Å². The number of carbonyl (C=O) groups is 1. The molecular formula is C15H18N4O3S2. The second-order valence-corrected chi connectivity index (χ2v) is 8.24. The predicted molar refractivity (Wildman–Crippen MR) is 91.4 cm³/mol. The van der Waals surface area contributed by atoms with Crippen molar-refractivity contribution in [3.05, 3.63) is 52.5 Å². The van der Waals surface area contributed by atoms with Crippen molar-refractivity contribution in [2.75, 3.05) is 7.05 Å². The van der Waals surface area contributed by atoms with Crippen LogP contribution in [0.4, 0.5) is 0 Å². The number of carbonyl (C=O) groups excluding carboxylic acids is 1. The van der Waals surface area contributed by atoms with Crippen molar-refractivity contribution in [2.45, 2.75) is 25.0 Å². The molecule has 2 aromatic rings. The minimum atomic E-state index is -3.70. The number of aromatic nitrogens is 1. The molecule has 9 heteroatoms. The van der Waals surface area contributed by atoms with Gasteiger partial charge in [-0.2, -0.15) is 17.4 Å². The van der Waals surface area contributed by atoms with Gasteiger partial charge in [0.1, 0.15) is 6.04 Å². The van der Waals surface area contributed by atoms with Crippen LogP contribution < -0.4 is 10.0 Å². The van der Waals surface area contributed by atoms with E-state index < -0.39 is 22.3 Å². The first-order chi connectivity index (χ1) is 11.5. The Hall–Kier alpha value is -1.81. The van der Waals surface area contributed by atoms with E-state index in [4.69, 9.17) is 0 Å². The normalized spacial score (nSPS) is 23.7. The molecule has 0 saturated carbocycles. The van der Waals surface area contributed by atoms with Crippen LogP contribution >= 0.6 is 11.3 Å². The lowest BCUT2D eigenvalue weighted by molar-refractivity contribution is -0.125. The van der Waals surface area contributed by atoms with Crippen LogP contribution in [0.3, 0.4) is 0 Å². The van der Waals surface area contributed by atoms with Gasteiger partial charge in [0.2, 0.25) is 5.91 Å². The summed E-state index contributed by atoms with van der Waals surface area (Å²) in [4.78, 5) is 17.6. The fraction of sp³-hybridized carbons (Fsp3) is 0.333. The molecule has 24 heavy (non-hydrogen) atoms. The molecule has 7 nitrogen and oxygen atoms in total. The summed E-state index contributed by atoms with van der Waals surface area (Å²) in [6, 6.07) is 8.02. The van der Waals surface area contributed by atoms with Crippen LogP contribution in [0.5, 0.6) is 0 Å². The molecule has 1 aliphatic heterocycles. The van der Waals surface area contributed by atoms with Gasteiger partial charge >= 0.3 is 0 Å². The second-order valence-electron chi connectivity index (χ2n) is 5.50. The zero-order chi connectivity index (χ0) is 17.2. The van der Waals surface area contributed by atoms with Crippen molar-refractivity contribution in [1.82, 2.24) is 19.3 Å². The van der Waals surface area contributed by atoms with Crippen LogP contribution in [0.2, 0.25) is 0 Å². The van der Waals surface area contributed by atoms with Gasteiger partial charge in [-0.3, -0.25) is 9.78 Å². The molecule has 0 spiro atoms. The molecular weight excluding hydrogens is 348 g/mol. The molecule has 0 bridgehead atoms. The van der Waals surface area contributed by atoms with Crippen LogP contribution in [-0.4, -0.2) is 36.7 Å². The molecule has 2 N–H and O–H groups in total. The van der Waals surface area contributed by atoms with Crippen LogP contribution in [0.15, 0.2) is 41.9 Å². The van der Waals surface area contributed by atoms with E-state index in [9.17, 15) is 13.2 Å². The van der Waals surface area contributed by atoms with E-state index in [2.05, 4.69) is 15.0 Å². The molecule has 1 fully saturated rings. The molecule has 0 radical (unpaired) electrons. The number of hydrogen-bond donors (Lipinski definition) is 2. The van der Waals surface area contributed by atoms with Crippen molar-refractivity contribution in [2.24, 2.45) is 0 Å². The maximum Gasteiger partial charge on any atom is 0.280 e. The quantitative estimate of drug-likeness (QED) is 0.846. The fourth-order valence-electron chi connectivity index (χ4n) is 2.58. The molecule has 1 aliphatic rings. The number of likely N-dealkylation sites (N-methyl/N-ethyl adjacent to an activating group) is 1. The molecule has 1 amide bonds. The summed E-state index contributed by atoms with van der Waals surface area (Å²) in [5.74, 6) is -0.324. The second kappa shape index (κ2) is 6.98. The van der Waals surface area contributed by atoms with Gasteiger partial charge in [0.05, 0.1) is 18.3 Å². The lowest BCUT2D eigenvalue weighted by Crippen LogP contribution is -2.57. The average molecular weight is 366 g/mol. The monoisotopic (exact) mass is 366 g/mol. The van der Waals surface area contributed by atoms with Gasteiger partial charge in [-0.05, 0) is 30.0 Å². The van der Waals surface area contributed by atoms with Gasteiger partial charge in [0, 0.05) is 18.1 Å². The third kappa shape index (κ3) is 3.64. The first kappa shape index (κ1) is 17.0. The molecule has 2 atom stereocenters. The highest BCUT2D eigenvalue weighted by atomic mass is 32.2. The highest BCUT2D eigenvalue weighted by molar-refractivity contribution is 7.87. The topological polar surface area (TPSA) is 91.4 Å². The maximum atomic E-state index is 12.5. The Kier molecular flexibility index (Phi) is 4.95. The predicted octanol–water partition coefficient (Wildman–Crippen LogP) is 1.04. The smallest absolute Gasteiger partial charge is 0.280 e. The Labute approximate surface area is 144 Å². The largest absolute Gasteiger partial charge is 0.349 e. The molecule has 1 saturated heterocycles. The van der Waals surface area contributed by atoms with Crippen molar-refractivity contribution >= 4 is 27.5 Å². The van der Waals surface area contributed by atoms with Gasteiger partial charge in [-0.1, -0.05) is 12.1 Å². The third-order valence-electron chi connectivity index (χ3n) is 3.93. The minimum Gasteiger partial charge on any atom is -0.349 e. The molecule has 0 aromatic carbocycles. The van der Waals surface area contributed by atoms with Crippen LogP contribution in [-0.2, 0) is 21.5 Å². The lowest BCUT2D eigenvalue weighted by Gasteiger charge is -2.35. The Morgan fingerprint density at radius 2 is 2.25 bits per heavy atom. The number of nitrogens with one attached hydrogen (secondary N) is 2. The summed E-state index contributed by atoms with van der Waals surface area (Å²) < 4.78 is 28.3. The fourth-order valence-corrected chi connectivity index (χ4v) is 4.72. The van der Waals surface area contributed by atoms with E-state index in [0.29, 0.717) is 6.42 Å². The zero-order valence-corrected chi connectivity index (χ0v) is 14.7. The van der Waals surface area contributed by atoms with Crippen LogP contribution in [0.25, 0.3) is 0 Å². The molecule has 128 valence electrons. The van der Waals surface area contributed by atoms with Crippen molar-refractivity contribution < 1.29 is 13.2 Å². The Morgan fingerprint density at radius 1 is 1.42 bits per heavy atom. The van der Waals surface area contributed by atoms with Crippen molar-refractivity contribution in [1.29, 1.82) is 0 Å². The summed E-state index contributed by atoms with van der Waals surface area (Å²) in [7, 11) is -2.29. The maximum absolute atomic E-state index is 12.5. The number of rotatable bonds is 4. The zero-order valence-electron chi connectivity index (χ0n) is 13.0. The van der Waals surface area contributed by atoms with Crippen molar-refractivity contribution in [3.8, 4) is 0 Å². The Balaban J connectivity index is 1.73. The van der Waals surface area contributed by atoms with Gasteiger partial charge in [-0.15, -0.1) is 11.3 Å². The first-order valence-corrected chi connectivity index (χ1v) is 9.75. The summed E-state index contributed by atoms with van der Waals surface area (Å²) in [6.07, 6.45) is 2.03. The third-order valence-corrected chi connectivity index (χ3v) is 6.51. The molecule has 2 aromatic heterocycles. The SMILES string of the molecule is CN1[C@@H](C(=O)NCc2ccccn2)C[C@@H](c2cccs2)NS1(=O)=O. The standard InChI is InChI=1S/C15H18N4O3S2/c1-19-13(15(20)17-10-11-5-2-3-7-16-11)9-12(18-24(19,21)22)14-6-4-8-23-14/h2-8,12-13,18H,9-10H2,1H3,(H,17,20)/t12-,13+/m0/s1. The van der Waals surface area contributed by atoms with E-state index in [0.717, 1.165) is 14.9 Å². The van der Waals surface area contributed by atoms with Crippen molar-refractivity contribution in [3.63, 3.8) is 0 Å². The first-order valence-electron chi connectivity index (χ1n) is 7.43. The Morgan fingerprint density at radius 3 is 2.92 bits per heavy atom. The summed E-state index contributed by atoms with van der Waals surface area (Å²) in [5.41, 5.74) is 0.722. The lowest BCUT2D eigenvalue weighted by atomic mass is 10.1. The minimum absolute atomic E-state index is 0.265. The van der Waals surface area contributed by atoms with E-state index in [1.165, 1.54) is 18.4 Å². The van der Waals surface area contributed by atoms with Gasteiger partial charge in [-0.25, -0.2) is 0 Å². The number of nitrogens with zero attached hydrogens (tertiary/aromatic N) is 2. The number of hydrogen-bond acceptors (Lipinski definition) is 5.